The van der Waals surface area contributed by atoms with Crippen molar-refractivity contribution in [2.45, 2.75) is 32.2 Å². The third-order valence-electron chi connectivity index (χ3n) is 1.88. The Morgan fingerprint density at radius 2 is 2.25 bits per heavy atom. The number of hydrogen-bond acceptors (Lipinski definition) is 3. The summed E-state index contributed by atoms with van der Waals surface area (Å²) in [4.78, 5) is 10.8. The predicted octanol–water partition coefficient (Wildman–Crippen LogP) is 0.178. The summed E-state index contributed by atoms with van der Waals surface area (Å²) in [7, 11) is 0. The van der Waals surface area contributed by atoms with Crippen molar-refractivity contribution in [2.24, 2.45) is 5.73 Å². The van der Waals surface area contributed by atoms with Gasteiger partial charge >= 0.3 is 5.97 Å². The summed E-state index contributed by atoms with van der Waals surface area (Å²) in [5, 5.41) is 11.8. The normalized spacial score (nSPS) is 15.6. The van der Waals surface area contributed by atoms with Gasteiger partial charge < -0.3 is 16.2 Å². The molecule has 1 unspecified atom stereocenters. The van der Waals surface area contributed by atoms with Crippen LogP contribution in [0.2, 0.25) is 0 Å². The first-order valence-electron chi connectivity index (χ1n) is 4.25. The molecule has 0 aliphatic heterocycles. The Morgan fingerprint density at radius 1 is 1.67 bits per heavy atom. The highest BCUT2D eigenvalue weighted by atomic mass is 16.4. The van der Waals surface area contributed by atoms with Crippen molar-refractivity contribution in [2.75, 3.05) is 13.1 Å². The second-order valence-corrected chi connectivity index (χ2v) is 3.10. The second kappa shape index (κ2) is 5.11. The fourth-order valence-corrected chi connectivity index (χ4v) is 1.12. The molecule has 12 heavy (non-hydrogen) atoms. The van der Waals surface area contributed by atoms with E-state index in [1.807, 2.05) is 6.92 Å². The minimum Gasteiger partial charge on any atom is -0.480 e. The molecule has 0 aromatic carbocycles. The maximum atomic E-state index is 10.8. The van der Waals surface area contributed by atoms with E-state index in [9.17, 15) is 4.79 Å². The molecule has 0 bridgehead atoms. The molecule has 4 N–H and O–H groups in total. The molecule has 0 aromatic rings. The van der Waals surface area contributed by atoms with E-state index in [0.717, 1.165) is 6.42 Å². The van der Waals surface area contributed by atoms with Crippen molar-refractivity contribution >= 4 is 5.97 Å². The van der Waals surface area contributed by atoms with Gasteiger partial charge in [-0.15, -0.1) is 0 Å². The summed E-state index contributed by atoms with van der Waals surface area (Å²) in [5.41, 5.74) is 4.47. The van der Waals surface area contributed by atoms with Crippen LogP contribution in [0, 0.1) is 0 Å². The summed E-state index contributed by atoms with van der Waals surface area (Å²) in [6.07, 6.45) is 1.47. The zero-order valence-electron chi connectivity index (χ0n) is 7.76. The molecule has 1 atom stereocenters. The minimum atomic E-state index is -0.811. The quantitative estimate of drug-likeness (QED) is 0.537. The fourth-order valence-electron chi connectivity index (χ4n) is 1.12. The molecular formula is C8H18N2O2. The predicted molar refractivity (Wildman–Crippen MR) is 48.0 cm³/mol. The van der Waals surface area contributed by atoms with Gasteiger partial charge in [-0.05, 0) is 13.3 Å². The number of nitrogens with one attached hydrogen (secondary N) is 1. The number of carbonyl (C=O) groups is 1. The Balaban J connectivity index is 4.08. The molecule has 0 radical (unpaired) electrons. The van der Waals surface area contributed by atoms with Gasteiger partial charge in [-0.3, -0.25) is 4.79 Å². The highest BCUT2D eigenvalue weighted by molar-refractivity contribution is 5.78. The van der Waals surface area contributed by atoms with E-state index in [4.69, 9.17) is 10.8 Å². The molecule has 0 amide bonds. The van der Waals surface area contributed by atoms with Crippen LogP contribution in [0.1, 0.15) is 26.7 Å². The largest absolute Gasteiger partial charge is 0.480 e. The second-order valence-electron chi connectivity index (χ2n) is 3.10. The molecule has 0 aliphatic rings. The summed E-state index contributed by atoms with van der Waals surface area (Å²) in [5.74, 6) is -0.808. The molecule has 0 saturated heterocycles. The number of aliphatic carboxylic acids is 1. The maximum Gasteiger partial charge on any atom is 0.323 e. The van der Waals surface area contributed by atoms with Crippen molar-refractivity contribution in [3.05, 3.63) is 0 Å². The minimum absolute atomic E-state index is 0.465. The zero-order chi connectivity index (χ0) is 9.61. The van der Waals surface area contributed by atoms with Crippen LogP contribution in [0.5, 0.6) is 0 Å². The molecule has 0 fully saturated rings. The van der Waals surface area contributed by atoms with E-state index < -0.39 is 11.5 Å². The van der Waals surface area contributed by atoms with Crippen LogP contribution in [-0.4, -0.2) is 29.7 Å². The number of hydrogen-bond donors (Lipinski definition) is 3. The number of carboxylic acids is 1. The van der Waals surface area contributed by atoms with Gasteiger partial charge in [0.25, 0.3) is 0 Å². The van der Waals surface area contributed by atoms with E-state index in [0.29, 0.717) is 19.5 Å². The Kier molecular flexibility index (Phi) is 4.85. The average molecular weight is 174 g/mol. The summed E-state index contributed by atoms with van der Waals surface area (Å²) >= 11 is 0. The lowest BCUT2D eigenvalue weighted by Gasteiger charge is -2.25. The average Bonchev–Trinajstić information content (AvgIpc) is 2.01. The van der Waals surface area contributed by atoms with Gasteiger partial charge in [0.15, 0.2) is 0 Å². The van der Waals surface area contributed by atoms with Crippen LogP contribution in [0.4, 0.5) is 0 Å². The molecule has 0 heterocycles. The van der Waals surface area contributed by atoms with E-state index >= 15 is 0 Å². The van der Waals surface area contributed by atoms with Gasteiger partial charge in [0.2, 0.25) is 0 Å². The van der Waals surface area contributed by atoms with Crippen molar-refractivity contribution < 1.29 is 9.90 Å². The molecule has 72 valence electrons. The van der Waals surface area contributed by atoms with E-state index in [1.165, 1.54) is 0 Å². The van der Waals surface area contributed by atoms with Gasteiger partial charge in [-0.25, -0.2) is 0 Å². The van der Waals surface area contributed by atoms with Crippen molar-refractivity contribution in [1.29, 1.82) is 0 Å². The van der Waals surface area contributed by atoms with Gasteiger partial charge in [-0.2, -0.15) is 0 Å². The highest BCUT2D eigenvalue weighted by Gasteiger charge is 2.30. The van der Waals surface area contributed by atoms with Crippen molar-refractivity contribution in [3.63, 3.8) is 0 Å². The van der Waals surface area contributed by atoms with E-state index in [-0.39, 0.29) is 0 Å². The topological polar surface area (TPSA) is 75.3 Å². The smallest absolute Gasteiger partial charge is 0.323 e. The van der Waals surface area contributed by atoms with Gasteiger partial charge in [-0.1, -0.05) is 13.3 Å². The monoisotopic (exact) mass is 174 g/mol. The maximum absolute atomic E-state index is 10.8. The van der Waals surface area contributed by atoms with Gasteiger partial charge in [0.1, 0.15) is 5.54 Å². The first-order valence-corrected chi connectivity index (χ1v) is 4.25. The number of nitrogens with two attached hydrogens (primary N) is 1. The van der Waals surface area contributed by atoms with Crippen LogP contribution in [0.25, 0.3) is 0 Å². The van der Waals surface area contributed by atoms with Crippen LogP contribution < -0.4 is 11.1 Å². The van der Waals surface area contributed by atoms with Gasteiger partial charge in [0.05, 0.1) is 0 Å². The molecule has 0 rings (SSSR count). The summed E-state index contributed by atoms with van der Waals surface area (Å²) < 4.78 is 0. The zero-order valence-corrected chi connectivity index (χ0v) is 7.76. The van der Waals surface area contributed by atoms with Crippen molar-refractivity contribution in [3.8, 4) is 0 Å². The van der Waals surface area contributed by atoms with Gasteiger partial charge in [0, 0.05) is 13.1 Å². The SMILES string of the molecule is CCCC(C)(NCCN)C(=O)O. The fraction of sp³-hybridized carbons (Fsp3) is 0.875. The Morgan fingerprint density at radius 3 is 2.58 bits per heavy atom. The van der Waals surface area contributed by atoms with Crippen LogP contribution in [0.3, 0.4) is 0 Å². The van der Waals surface area contributed by atoms with E-state index in [2.05, 4.69) is 5.32 Å². The molecule has 4 nitrogen and oxygen atoms in total. The van der Waals surface area contributed by atoms with Crippen LogP contribution >= 0.6 is 0 Å². The highest BCUT2D eigenvalue weighted by Crippen LogP contribution is 2.11. The summed E-state index contributed by atoms with van der Waals surface area (Å²) in [6, 6.07) is 0. The first kappa shape index (κ1) is 11.4. The molecule has 4 heteroatoms. The lowest BCUT2D eigenvalue weighted by atomic mass is 9.96. The lowest BCUT2D eigenvalue weighted by Crippen LogP contribution is -2.50. The van der Waals surface area contributed by atoms with Crippen LogP contribution in [-0.2, 0) is 4.79 Å². The molecular weight excluding hydrogens is 156 g/mol. The lowest BCUT2D eigenvalue weighted by molar-refractivity contribution is -0.144. The van der Waals surface area contributed by atoms with E-state index in [1.54, 1.807) is 6.92 Å². The molecule has 0 spiro atoms. The standard InChI is InChI=1S/C8H18N2O2/c1-3-4-8(2,7(11)12)10-6-5-9/h10H,3-6,9H2,1-2H3,(H,11,12). The molecule has 0 aliphatic carbocycles. The third-order valence-corrected chi connectivity index (χ3v) is 1.88. The Labute approximate surface area is 73.1 Å². The third kappa shape index (κ3) is 3.19. The molecule has 0 saturated carbocycles. The number of carboxylic acid groups (broad SMARTS) is 1. The Hall–Kier alpha value is -0.610. The Bertz CT molecular complexity index is 150. The molecule has 0 aromatic heterocycles. The summed E-state index contributed by atoms with van der Waals surface area (Å²) in [6.45, 7) is 4.66. The van der Waals surface area contributed by atoms with Crippen LogP contribution in [0.15, 0.2) is 0 Å². The number of rotatable bonds is 6. The first-order chi connectivity index (χ1) is 5.56. The van der Waals surface area contributed by atoms with Crippen molar-refractivity contribution in [1.82, 2.24) is 5.32 Å².